The molecule has 6 heteroatoms. The van der Waals surface area contributed by atoms with Crippen LogP contribution in [0.1, 0.15) is 29.2 Å². The summed E-state index contributed by atoms with van der Waals surface area (Å²) < 4.78 is 11.8. The monoisotopic (exact) mass is 509 g/mol. The lowest BCUT2D eigenvalue weighted by molar-refractivity contribution is -0.123. The Kier molecular flexibility index (Phi) is 7.28. The van der Waals surface area contributed by atoms with Crippen molar-refractivity contribution in [1.82, 2.24) is 4.90 Å². The molecule has 186 valence electrons. The van der Waals surface area contributed by atoms with Crippen LogP contribution in [0.15, 0.2) is 89.8 Å². The summed E-state index contributed by atoms with van der Waals surface area (Å²) in [7, 11) is 0. The van der Waals surface area contributed by atoms with E-state index in [1.807, 2.05) is 92.7 Å². The molecule has 1 heterocycles. The number of hydrogen-bond acceptors (Lipinski definition) is 5. The number of carbonyl (C=O) groups excluding carboxylic acids is 2. The fraction of sp³-hybridized carbons (Fsp3) is 0.161. The van der Waals surface area contributed by atoms with Gasteiger partial charge in [0.15, 0.2) is 11.5 Å². The molecule has 4 aromatic rings. The van der Waals surface area contributed by atoms with Crippen molar-refractivity contribution in [2.24, 2.45) is 0 Å². The molecule has 0 atom stereocenters. The fourth-order valence-corrected chi connectivity index (χ4v) is 5.11. The minimum absolute atomic E-state index is 0.239. The number of rotatable bonds is 8. The molecule has 37 heavy (non-hydrogen) atoms. The Balaban J connectivity index is 1.32. The molecule has 0 bridgehead atoms. The third kappa shape index (κ3) is 5.70. The first-order chi connectivity index (χ1) is 18.0. The van der Waals surface area contributed by atoms with Crippen molar-refractivity contribution in [3.63, 3.8) is 0 Å². The molecule has 1 fully saturated rings. The van der Waals surface area contributed by atoms with E-state index in [2.05, 4.69) is 6.07 Å². The lowest BCUT2D eigenvalue weighted by atomic mass is 10.1. The van der Waals surface area contributed by atoms with Gasteiger partial charge in [-0.3, -0.25) is 14.5 Å². The highest BCUT2D eigenvalue weighted by Gasteiger charge is 2.35. The maximum atomic E-state index is 13.1. The summed E-state index contributed by atoms with van der Waals surface area (Å²) in [5.74, 6) is 0.935. The van der Waals surface area contributed by atoms with Crippen LogP contribution in [0.3, 0.4) is 0 Å². The number of aryl methyl sites for hydroxylation is 1. The Bertz CT molecular complexity index is 1510. The molecule has 0 saturated carbocycles. The molecule has 0 radical (unpaired) electrons. The summed E-state index contributed by atoms with van der Waals surface area (Å²) in [5, 5.41) is 1.93. The van der Waals surface area contributed by atoms with Gasteiger partial charge >= 0.3 is 0 Å². The van der Waals surface area contributed by atoms with Crippen molar-refractivity contribution >= 4 is 39.8 Å². The van der Waals surface area contributed by atoms with Crippen LogP contribution in [0.2, 0.25) is 0 Å². The maximum Gasteiger partial charge on any atom is 0.293 e. The van der Waals surface area contributed by atoms with E-state index < -0.39 is 0 Å². The van der Waals surface area contributed by atoms with E-state index in [0.29, 0.717) is 29.6 Å². The molecule has 2 amide bonds. The van der Waals surface area contributed by atoms with Crippen molar-refractivity contribution in [3.8, 4) is 11.5 Å². The van der Waals surface area contributed by atoms with Gasteiger partial charge in [-0.05, 0) is 77.3 Å². The molecule has 0 aliphatic carbocycles. The van der Waals surface area contributed by atoms with E-state index >= 15 is 0 Å². The zero-order valence-corrected chi connectivity index (χ0v) is 21.6. The molecule has 0 N–H and O–H groups in total. The second kappa shape index (κ2) is 10.9. The van der Waals surface area contributed by atoms with E-state index in [9.17, 15) is 9.59 Å². The largest absolute Gasteiger partial charge is 0.490 e. The number of benzene rings is 4. The van der Waals surface area contributed by atoms with Crippen molar-refractivity contribution in [2.45, 2.75) is 27.0 Å². The number of thioether (sulfide) groups is 1. The van der Waals surface area contributed by atoms with Gasteiger partial charge in [-0.25, -0.2) is 0 Å². The van der Waals surface area contributed by atoms with Crippen LogP contribution in [0.5, 0.6) is 11.5 Å². The minimum atomic E-state index is -0.291. The third-order valence-electron chi connectivity index (χ3n) is 6.07. The number of carbonyl (C=O) groups is 2. The first kappa shape index (κ1) is 24.7. The van der Waals surface area contributed by atoms with Crippen LogP contribution in [-0.4, -0.2) is 22.7 Å². The van der Waals surface area contributed by atoms with Crippen LogP contribution >= 0.6 is 11.8 Å². The highest BCUT2D eigenvalue weighted by atomic mass is 32.2. The summed E-state index contributed by atoms with van der Waals surface area (Å²) >= 11 is 0.958. The van der Waals surface area contributed by atoms with Gasteiger partial charge in [0.2, 0.25) is 0 Å². The standard InChI is InChI=1S/C31H27NO4S/c1-3-35-28-17-22(12-14-27(28)36-20-24-8-6-7-21(2)15-24)18-29-30(33)32(31(34)37-29)19-23-11-13-25-9-4-5-10-26(25)16-23/h4-18H,3,19-20H2,1-2H3/b29-18-. The van der Waals surface area contributed by atoms with Gasteiger partial charge in [0.05, 0.1) is 18.1 Å². The van der Waals surface area contributed by atoms with Crippen LogP contribution in [0, 0.1) is 6.92 Å². The zero-order chi connectivity index (χ0) is 25.8. The lowest BCUT2D eigenvalue weighted by Crippen LogP contribution is -2.27. The van der Waals surface area contributed by atoms with Gasteiger partial charge in [0, 0.05) is 0 Å². The van der Waals surface area contributed by atoms with Crippen molar-refractivity contribution in [3.05, 3.63) is 112 Å². The Labute approximate surface area is 220 Å². The summed E-state index contributed by atoms with van der Waals surface area (Å²) in [6.07, 6.45) is 1.73. The second-order valence-electron chi connectivity index (χ2n) is 8.87. The van der Waals surface area contributed by atoms with Crippen LogP contribution in [-0.2, 0) is 17.9 Å². The third-order valence-corrected chi connectivity index (χ3v) is 6.98. The van der Waals surface area contributed by atoms with Gasteiger partial charge in [0.25, 0.3) is 11.1 Å². The van der Waals surface area contributed by atoms with Crippen molar-refractivity contribution in [2.75, 3.05) is 6.61 Å². The normalized spacial score (nSPS) is 14.5. The van der Waals surface area contributed by atoms with Gasteiger partial charge in [0.1, 0.15) is 6.61 Å². The SMILES string of the molecule is CCOc1cc(/C=C2\SC(=O)N(Cc3ccc4ccccc4c3)C2=O)ccc1OCc1cccc(C)c1. The number of imide groups is 1. The van der Waals surface area contributed by atoms with Crippen LogP contribution in [0.4, 0.5) is 4.79 Å². The minimum Gasteiger partial charge on any atom is -0.490 e. The predicted octanol–water partition coefficient (Wildman–Crippen LogP) is 7.36. The van der Waals surface area contributed by atoms with Crippen molar-refractivity contribution in [1.29, 1.82) is 0 Å². The Morgan fingerprint density at radius 3 is 2.46 bits per heavy atom. The first-order valence-electron chi connectivity index (χ1n) is 12.2. The smallest absolute Gasteiger partial charge is 0.293 e. The molecule has 1 aliphatic rings. The molecule has 0 unspecified atom stereocenters. The van der Waals surface area contributed by atoms with Gasteiger partial charge in [-0.1, -0.05) is 72.3 Å². The van der Waals surface area contributed by atoms with Gasteiger partial charge < -0.3 is 9.47 Å². The molecular formula is C31H27NO4S. The Morgan fingerprint density at radius 2 is 1.65 bits per heavy atom. The number of amides is 2. The molecule has 5 rings (SSSR count). The topological polar surface area (TPSA) is 55.8 Å². The summed E-state index contributed by atoms with van der Waals surface area (Å²) in [6, 6.07) is 27.7. The van der Waals surface area contributed by atoms with E-state index in [0.717, 1.165) is 39.2 Å². The van der Waals surface area contributed by atoms with E-state index in [1.165, 1.54) is 10.5 Å². The second-order valence-corrected chi connectivity index (χ2v) is 9.86. The van der Waals surface area contributed by atoms with E-state index in [1.54, 1.807) is 6.08 Å². The summed E-state index contributed by atoms with van der Waals surface area (Å²) in [5.41, 5.74) is 3.93. The molecule has 0 spiro atoms. The fourth-order valence-electron chi connectivity index (χ4n) is 4.27. The number of hydrogen-bond donors (Lipinski definition) is 0. The predicted molar refractivity (Wildman–Crippen MR) is 149 cm³/mol. The number of fused-ring (bicyclic) bond motifs is 1. The number of ether oxygens (including phenoxy) is 2. The highest BCUT2D eigenvalue weighted by molar-refractivity contribution is 8.18. The quantitative estimate of drug-likeness (QED) is 0.232. The van der Waals surface area contributed by atoms with E-state index in [4.69, 9.17) is 9.47 Å². The average molecular weight is 510 g/mol. The molecule has 0 aromatic heterocycles. The van der Waals surface area contributed by atoms with Crippen molar-refractivity contribution < 1.29 is 19.1 Å². The lowest BCUT2D eigenvalue weighted by Gasteiger charge is -2.14. The van der Waals surface area contributed by atoms with Gasteiger partial charge in [-0.2, -0.15) is 0 Å². The average Bonchev–Trinajstić information content (AvgIpc) is 3.15. The summed E-state index contributed by atoms with van der Waals surface area (Å²) in [4.78, 5) is 27.5. The molecular weight excluding hydrogens is 482 g/mol. The highest BCUT2D eigenvalue weighted by Crippen LogP contribution is 2.36. The Morgan fingerprint density at radius 1 is 0.811 bits per heavy atom. The molecule has 4 aromatic carbocycles. The molecule has 1 aliphatic heterocycles. The summed E-state index contributed by atoms with van der Waals surface area (Å²) in [6.45, 7) is 5.10. The maximum absolute atomic E-state index is 13.1. The zero-order valence-electron chi connectivity index (χ0n) is 20.8. The Hall–Kier alpha value is -4.03. The molecule has 1 saturated heterocycles. The van der Waals surface area contributed by atoms with Gasteiger partial charge in [-0.15, -0.1) is 0 Å². The van der Waals surface area contributed by atoms with E-state index in [-0.39, 0.29) is 17.7 Å². The van der Waals surface area contributed by atoms with Crippen LogP contribution in [0.25, 0.3) is 16.8 Å². The van der Waals surface area contributed by atoms with Crippen LogP contribution < -0.4 is 9.47 Å². The number of nitrogens with zero attached hydrogens (tertiary/aromatic N) is 1. The first-order valence-corrected chi connectivity index (χ1v) is 13.0. The molecule has 5 nitrogen and oxygen atoms in total.